The van der Waals surface area contributed by atoms with Crippen LogP contribution in [0, 0.1) is 0 Å². The second kappa shape index (κ2) is 51.8. The first-order valence-corrected chi connectivity index (χ1v) is 30.1. The molecule has 1 heteroatoms. The fourth-order valence-corrected chi connectivity index (χ4v) is 10.2. The minimum atomic E-state index is 1.24. The molecule has 0 spiro atoms. The van der Waals surface area contributed by atoms with Crippen molar-refractivity contribution in [1.82, 2.24) is 0 Å². The minimum Gasteiger partial charge on any atom is -0.320 e. The van der Waals surface area contributed by atoms with Crippen LogP contribution in [0.15, 0.2) is 66.8 Å². The van der Waals surface area contributed by atoms with Gasteiger partial charge in [0.15, 0.2) is 0 Å². The van der Waals surface area contributed by atoms with Gasteiger partial charge in [0.2, 0.25) is 0 Å². The molecule has 1 nitrogen and oxygen atoms in total. The summed E-state index contributed by atoms with van der Waals surface area (Å²) in [6.45, 7) is 12.3. The largest absolute Gasteiger partial charge is 0.320 e. The molecule has 0 fully saturated rings. The van der Waals surface area contributed by atoms with Gasteiger partial charge in [-0.1, -0.05) is 261 Å². The fourth-order valence-electron chi connectivity index (χ4n) is 10.2. The van der Waals surface area contributed by atoms with Crippen LogP contribution in [0.5, 0.6) is 0 Å². The highest BCUT2D eigenvalue weighted by Gasteiger charge is 2.26. The van der Waals surface area contributed by atoms with Crippen LogP contribution in [-0.4, -0.2) is 24.1 Å². The predicted octanol–water partition coefficient (Wildman–Crippen LogP) is 22.3. The number of nitrogens with zero attached hydrogens (tertiary/aromatic N) is 1. The van der Waals surface area contributed by atoms with E-state index in [9.17, 15) is 0 Å². The molecule has 0 N–H and O–H groups in total. The minimum absolute atomic E-state index is 1.24. The second-order valence-corrected chi connectivity index (χ2v) is 21.0. The van der Waals surface area contributed by atoms with Gasteiger partial charge in [-0.3, -0.25) is 0 Å². The van der Waals surface area contributed by atoms with Crippen molar-refractivity contribution in [3.63, 3.8) is 0 Å². The topological polar surface area (TPSA) is 0 Å². The summed E-state index contributed by atoms with van der Waals surface area (Å²) >= 11 is 0. The summed E-state index contributed by atoms with van der Waals surface area (Å²) in [5, 5.41) is 0. The van der Waals surface area contributed by atoms with Crippen molar-refractivity contribution in [3.05, 3.63) is 72.4 Å². The molecule has 0 amide bonds. The number of hydrogen-bond donors (Lipinski definition) is 0. The van der Waals surface area contributed by atoms with Gasteiger partial charge >= 0.3 is 0 Å². The van der Waals surface area contributed by atoms with Crippen LogP contribution in [-0.2, 0) is 6.54 Å². The SMILES string of the molecule is CCCCCCCCC/C=C/CCCCCCCC[N+](CCCCCCCC/C=C/CCCCCCCCC)(CCCCCCCC/C=C/CCCCCCCCC)Cc1ccccc1. The molecule has 0 saturated heterocycles. The Hall–Kier alpha value is -1.60. The zero-order valence-electron chi connectivity index (χ0n) is 44.9. The number of rotatable bonds is 53. The van der Waals surface area contributed by atoms with Gasteiger partial charge in [0.1, 0.15) is 6.54 Å². The summed E-state index contributed by atoms with van der Waals surface area (Å²) in [5.74, 6) is 0. The Morgan fingerprint density at radius 3 is 0.723 bits per heavy atom. The number of unbranched alkanes of at least 4 members (excludes halogenated alkanes) is 39. The van der Waals surface area contributed by atoms with Gasteiger partial charge < -0.3 is 4.48 Å². The van der Waals surface area contributed by atoms with Crippen molar-refractivity contribution < 1.29 is 4.48 Å². The molecule has 1 aromatic carbocycles. The zero-order valence-corrected chi connectivity index (χ0v) is 44.9. The molecule has 0 heterocycles. The molecule has 378 valence electrons. The molecular weight excluding hydrogens is 783 g/mol. The number of quaternary nitrogens is 1. The molecule has 0 bridgehead atoms. The van der Waals surface area contributed by atoms with Gasteiger partial charge in [-0.15, -0.1) is 0 Å². The van der Waals surface area contributed by atoms with Crippen molar-refractivity contribution >= 4 is 0 Å². The first-order valence-electron chi connectivity index (χ1n) is 30.1. The molecule has 1 aromatic rings. The van der Waals surface area contributed by atoms with Gasteiger partial charge in [0.05, 0.1) is 19.6 Å². The van der Waals surface area contributed by atoms with Crippen LogP contribution in [0.25, 0.3) is 0 Å². The number of allylic oxidation sites excluding steroid dienone is 6. The number of benzene rings is 1. The Labute approximate surface area is 410 Å². The predicted molar refractivity (Wildman–Crippen MR) is 297 cm³/mol. The third kappa shape index (κ3) is 44.7. The molecule has 0 aromatic heterocycles. The van der Waals surface area contributed by atoms with E-state index in [0.717, 1.165) is 0 Å². The molecule has 0 saturated carbocycles. The first kappa shape index (κ1) is 61.4. The summed E-state index contributed by atoms with van der Waals surface area (Å²) in [6.07, 6.45) is 77.8. The van der Waals surface area contributed by atoms with Crippen LogP contribution in [0.1, 0.15) is 315 Å². The highest BCUT2D eigenvalue weighted by atomic mass is 15.3. The average Bonchev–Trinajstić information content (AvgIpc) is 3.32. The van der Waals surface area contributed by atoms with E-state index in [1.165, 1.54) is 320 Å². The quantitative estimate of drug-likeness (QED) is 0.0347. The fraction of sp³-hybridized carbons (Fsp3) is 0.812. The maximum absolute atomic E-state index is 2.49. The summed E-state index contributed by atoms with van der Waals surface area (Å²) in [4.78, 5) is 0. The van der Waals surface area contributed by atoms with E-state index in [1.807, 2.05) is 0 Å². The maximum atomic E-state index is 2.49. The van der Waals surface area contributed by atoms with Crippen molar-refractivity contribution in [2.24, 2.45) is 0 Å². The van der Waals surface area contributed by atoms with E-state index in [2.05, 4.69) is 87.6 Å². The normalized spacial score (nSPS) is 12.3. The Morgan fingerprint density at radius 2 is 0.477 bits per heavy atom. The molecule has 0 aliphatic rings. The lowest BCUT2D eigenvalue weighted by Crippen LogP contribution is -2.49. The molecular formula is C64H118N+. The lowest BCUT2D eigenvalue weighted by atomic mass is 10.0. The molecule has 65 heavy (non-hydrogen) atoms. The van der Waals surface area contributed by atoms with Crippen LogP contribution in [0.2, 0.25) is 0 Å². The lowest BCUT2D eigenvalue weighted by Gasteiger charge is -2.39. The van der Waals surface area contributed by atoms with Gasteiger partial charge in [0, 0.05) is 5.56 Å². The van der Waals surface area contributed by atoms with Crippen LogP contribution in [0.4, 0.5) is 0 Å². The van der Waals surface area contributed by atoms with Crippen molar-refractivity contribution in [1.29, 1.82) is 0 Å². The smallest absolute Gasteiger partial charge is 0.104 e. The third-order valence-corrected chi connectivity index (χ3v) is 14.5. The molecule has 0 unspecified atom stereocenters. The molecule has 1 rings (SSSR count). The maximum Gasteiger partial charge on any atom is 0.104 e. The second-order valence-electron chi connectivity index (χ2n) is 21.0. The third-order valence-electron chi connectivity index (χ3n) is 14.5. The summed E-state index contributed by atoms with van der Waals surface area (Å²) in [5.41, 5.74) is 1.56. The average molecular weight is 902 g/mol. The van der Waals surface area contributed by atoms with E-state index in [0.29, 0.717) is 0 Å². The van der Waals surface area contributed by atoms with Gasteiger partial charge in [-0.2, -0.15) is 0 Å². The van der Waals surface area contributed by atoms with Crippen molar-refractivity contribution in [2.45, 2.75) is 316 Å². The Kier molecular flexibility index (Phi) is 48.9. The van der Waals surface area contributed by atoms with Crippen molar-refractivity contribution in [2.75, 3.05) is 19.6 Å². The Balaban J connectivity index is 2.50. The van der Waals surface area contributed by atoms with Crippen LogP contribution < -0.4 is 0 Å². The molecule has 0 aliphatic heterocycles. The summed E-state index contributed by atoms with van der Waals surface area (Å²) in [7, 11) is 0. The standard InChI is InChI=1S/C64H118N/c1-4-7-10-13-16-19-22-25-28-31-34-37-40-43-46-49-55-60-65(63-64-58-53-52-54-59-64,61-56-50-47-44-41-38-35-32-29-26-23-20-17-14-11-8-5-2)62-57-51-48-45-42-39-36-33-30-27-24-21-18-15-12-9-6-3/h28-33,52-54,58-59H,4-27,34-51,55-57,60-63H2,1-3H3/q+1/b31-28+,32-29+,33-30+. The Bertz CT molecular complexity index is 1010. The van der Waals surface area contributed by atoms with E-state index in [1.54, 1.807) is 5.56 Å². The van der Waals surface area contributed by atoms with Gasteiger partial charge in [0.25, 0.3) is 0 Å². The molecule has 0 aliphatic carbocycles. The summed E-state index contributed by atoms with van der Waals surface area (Å²) in [6, 6.07) is 11.6. The summed E-state index contributed by atoms with van der Waals surface area (Å²) < 4.78 is 1.33. The molecule has 0 atom stereocenters. The van der Waals surface area contributed by atoms with E-state index in [-0.39, 0.29) is 0 Å². The number of hydrogen-bond acceptors (Lipinski definition) is 0. The highest BCUT2D eigenvalue weighted by molar-refractivity contribution is 5.13. The highest BCUT2D eigenvalue weighted by Crippen LogP contribution is 2.23. The van der Waals surface area contributed by atoms with Gasteiger partial charge in [-0.25, -0.2) is 0 Å². The Morgan fingerprint density at radius 1 is 0.262 bits per heavy atom. The lowest BCUT2D eigenvalue weighted by molar-refractivity contribution is -0.941. The van der Waals surface area contributed by atoms with Gasteiger partial charge in [-0.05, 0) is 116 Å². The van der Waals surface area contributed by atoms with Crippen molar-refractivity contribution in [3.8, 4) is 0 Å². The van der Waals surface area contributed by atoms with E-state index >= 15 is 0 Å². The first-order chi connectivity index (χ1) is 32.3. The van der Waals surface area contributed by atoms with Crippen LogP contribution in [0.3, 0.4) is 0 Å². The van der Waals surface area contributed by atoms with E-state index < -0.39 is 0 Å². The van der Waals surface area contributed by atoms with Crippen LogP contribution >= 0.6 is 0 Å². The molecule has 0 radical (unpaired) electrons. The monoisotopic (exact) mass is 901 g/mol. The van der Waals surface area contributed by atoms with E-state index in [4.69, 9.17) is 0 Å². The zero-order chi connectivity index (χ0) is 46.5.